The highest BCUT2D eigenvalue weighted by Gasteiger charge is 2.09. The Morgan fingerprint density at radius 3 is 2.58 bits per heavy atom. The van der Waals surface area contributed by atoms with Crippen molar-refractivity contribution >= 4 is 39.3 Å². The Morgan fingerprint density at radius 1 is 1.11 bits per heavy atom. The van der Waals surface area contributed by atoms with Gasteiger partial charge in [0.2, 0.25) is 0 Å². The Labute approximate surface area is 125 Å². The van der Waals surface area contributed by atoms with E-state index in [2.05, 4.69) is 58.1 Å². The Bertz CT molecular complexity index is 774. The maximum Gasteiger partial charge on any atom is 0.100 e. The van der Waals surface area contributed by atoms with Crippen LogP contribution in [0.15, 0.2) is 36.7 Å². The highest BCUT2D eigenvalue weighted by molar-refractivity contribution is 14.1. The summed E-state index contributed by atoms with van der Waals surface area (Å²) in [7, 11) is 0. The topological polar surface area (TPSA) is 43.8 Å². The second kappa shape index (κ2) is 4.52. The standard InChI is InChI=1S/C15H14IN3/c1-9-5-13-15(6-10(9)2)19(8-18-13)14-4-3-11(17)7-12(14)16/h3-8H,17H2,1-2H3. The molecule has 1 aromatic heterocycles. The van der Waals surface area contributed by atoms with Crippen LogP contribution in [0.25, 0.3) is 16.7 Å². The van der Waals surface area contributed by atoms with Gasteiger partial charge in [-0.1, -0.05) is 0 Å². The lowest BCUT2D eigenvalue weighted by molar-refractivity contribution is 1.08. The van der Waals surface area contributed by atoms with Crippen LogP contribution in [0, 0.1) is 17.4 Å². The number of anilines is 1. The molecule has 0 spiro atoms. The van der Waals surface area contributed by atoms with Crippen LogP contribution in [0.2, 0.25) is 0 Å². The highest BCUT2D eigenvalue weighted by Crippen LogP contribution is 2.25. The van der Waals surface area contributed by atoms with Gasteiger partial charge in [-0.3, -0.25) is 4.57 Å². The van der Waals surface area contributed by atoms with E-state index in [0.29, 0.717) is 0 Å². The van der Waals surface area contributed by atoms with E-state index in [1.54, 1.807) is 0 Å². The Hall–Kier alpha value is -1.56. The first-order valence-corrected chi connectivity index (χ1v) is 7.14. The van der Waals surface area contributed by atoms with Crippen LogP contribution >= 0.6 is 22.6 Å². The molecule has 2 aromatic carbocycles. The summed E-state index contributed by atoms with van der Waals surface area (Å²) < 4.78 is 3.23. The number of aryl methyl sites for hydroxylation is 2. The van der Waals surface area contributed by atoms with Crippen molar-refractivity contribution < 1.29 is 0 Å². The van der Waals surface area contributed by atoms with E-state index in [9.17, 15) is 0 Å². The maximum absolute atomic E-state index is 5.81. The summed E-state index contributed by atoms with van der Waals surface area (Å²) in [4.78, 5) is 4.49. The molecule has 0 atom stereocenters. The molecule has 1 heterocycles. The van der Waals surface area contributed by atoms with E-state index < -0.39 is 0 Å². The van der Waals surface area contributed by atoms with Crippen LogP contribution in [0.3, 0.4) is 0 Å². The monoisotopic (exact) mass is 363 g/mol. The molecule has 0 unspecified atom stereocenters. The van der Waals surface area contributed by atoms with Crippen LogP contribution in [0.5, 0.6) is 0 Å². The Balaban J connectivity index is 2.28. The summed E-state index contributed by atoms with van der Waals surface area (Å²) in [5, 5.41) is 0. The Morgan fingerprint density at radius 2 is 1.84 bits per heavy atom. The SMILES string of the molecule is Cc1cc2ncn(-c3ccc(N)cc3I)c2cc1C. The largest absolute Gasteiger partial charge is 0.399 e. The van der Waals surface area contributed by atoms with E-state index in [-0.39, 0.29) is 0 Å². The number of nitrogens with zero attached hydrogens (tertiary/aromatic N) is 2. The molecule has 0 radical (unpaired) electrons. The summed E-state index contributed by atoms with van der Waals surface area (Å²) >= 11 is 2.31. The molecule has 0 aliphatic rings. The van der Waals surface area contributed by atoms with Gasteiger partial charge in [-0.25, -0.2) is 4.98 Å². The molecule has 3 nitrogen and oxygen atoms in total. The first kappa shape index (κ1) is 12.5. The number of hydrogen-bond acceptors (Lipinski definition) is 2. The van der Waals surface area contributed by atoms with Crippen LogP contribution < -0.4 is 5.73 Å². The van der Waals surface area contributed by atoms with Crippen molar-refractivity contribution in [2.75, 3.05) is 5.73 Å². The van der Waals surface area contributed by atoms with E-state index in [4.69, 9.17) is 5.73 Å². The zero-order valence-electron chi connectivity index (χ0n) is 10.8. The molecule has 3 rings (SSSR count). The number of imidazole rings is 1. The molecule has 4 heteroatoms. The third kappa shape index (κ3) is 2.10. The van der Waals surface area contributed by atoms with Crippen molar-refractivity contribution in [2.24, 2.45) is 0 Å². The van der Waals surface area contributed by atoms with Crippen molar-refractivity contribution in [1.82, 2.24) is 9.55 Å². The minimum absolute atomic E-state index is 0.782. The second-order valence-corrected chi connectivity index (χ2v) is 5.91. The molecule has 19 heavy (non-hydrogen) atoms. The normalized spacial score (nSPS) is 11.1. The van der Waals surface area contributed by atoms with Crippen molar-refractivity contribution in [3.63, 3.8) is 0 Å². The summed E-state index contributed by atoms with van der Waals surface area (Å²) in [5.74, 6) is 0. The van der Waals surface area contributed by atoms with Crippen LogP contribution in [-0.4, -0.2) is 9.55 Å². The Kier molecular flexibility index (Phi) is 2.97. The average Bonchev–Trinajstić information content (AvgIpc) is 2.73. The summed E-state index contributed by atoms with van der Waals surface area (Å²) in [6, 6.07) is 10.2. The summed E-state index contributed by atoms with van der Waals surface area (Å²) in [6.45, 7) is 4.24. The van der Waals surface area contributed by atoms with Crippen molar-refractivity contribution in [3.05, 3.63) is 51.4 Å². The molecule has 0 aliphatic heterocycles. The predicted octanol–water partition coefficient (Wildman–Crippen LogP) is 3.83. The number of halogens is 1. The third-order valence-corrected chi connectivity index (χ3v) is 4.26. The van der Waals surface area contributed by atoms with Crippen molar-refractivity contribution in [1.29, 1.82) is 0 Å². The average molecular weight is 363 g/mol. The van der Waals surface area contributed by atoms with Gasteiger partial charge in [0.05, 0.1) is 16.7 Å². The fourth-order valence-corrected chi connectivity index (χ4v) is 2.97. The van der Waals surface area contributed by atoms with Gasteiger partial charge in [-0.15, -0.1) is 0 Å². The van der Waals surface area contributed by atoms with Gasteiger partial charge in [0.25, 0.3) is 0 Å². The molecule has 0 fully saturated rings. The number of benzene rings is 2. The molecule has 0 amide bonds. The number of aromatic nitrogens is 2. The molecular formula is C15H14IN3. The zero-order chi connectivity index (χ0) is 13.6. The molecule has 3 aromatic rings. The molecular weight excluding hydrogens is 349 g/mol. The van der Waals surface area contributed by atoms with E-state index >= 15 is 0 Å². The fourth-order valence-electron chi connectivity index (χ4n) is 2.17. The summed E-state index contributed by atoms with van der Waals surface area (Å²) in [5.41, 5.74) is 12.4. The predicted molar refractivity (Wildman–Crippen MR) is 87.7 cm³/mol. The van der Waals surface area contributed by atoms with E-state index in [1.807, 2.05) is 24.5 Å². The molecule has 96 valence electrons. The van der Waals surface area contributed by atoms with Gasteiger partial charge in [0.15, 0.2) is 0 Å². The van der Waals surface area contributed by atoms with Crippen molar-refractivity contribution in [2.45, 2.75) is 13.8 Å². The minimum Gasteiger partial charge on any atom is -0.399 e. The smallest absolute Gasteiger partial charge is 0.100 e. The van der Waals surface area contributed by atoms with Crippen LogP contribution in [0.1, 0.15) is 11.1 Å². The van der Waals surface area contributed by atoms with Crippen LogP contribution in [-0.2, 0) is 0 Å². The highest BCUT2D eigenvalue weighted by atomic mass is 127. The fraction of sp³-hybridized carbons (Fsp3) is 0.133. The van der Waals surface area contributed by atoms with Crippen molar-refractivity contribution in [3.8, 4) is 5.69 Å². The van der Waals surface area contributed by atoms with Gasteiger partial charge < -0.3 is 5.73 Å². The lowest BCUT2D eigenvalue weighted by atomic mass is 10.1. The molecule has 0 bridgehead atoms. The van der Waals surface area contributed by atoms with E-state index in [1.165, 1.54) is 11.1 Å². The quantitative estimate of drug-likeness (QED) is 0.528. The lowest BCUT2D eigenvalue weighted by Crippen LogP contribution is -1.97. The number of rotatable bonds is 1. The number of nitrogens with two attached hydrogens (primary N) is 1. The van der Waals surface area contributed by atoms with Gasteiger partial charge in [-0.2, -0.15) is 0 Å². The molecule has 0 saturated carbocycles. The molecule has 0 saturated heterocycles. The van der Waals surface area contributed by atoms with Gasteiger partial charge >= 0.3 is 0 Å². The van der Waals surface area contributed by atoms with E-state index in [0.717, 1.165) is 26.0 Å². The van der Waals surface area contributed by atoms with Gasteiger partial charge in [0.1, 0.15) is 6.33 Å². The number of fused-ring (bicyclic) bond motifs is 1. The number of hydrogen-bond donors (Lipinski definition) is 1. The summed E-state index contributed by atoms with van der Waals surface area (Å²) in [6.07, 6.45) is 1.87. The number of nitrogen functional groups attached to an aromatic ring is 1. The molecule has 0 aliphatic carbocycles. The first-order chi connectivity index (χ1) is 9.06. The van der Waals surface area contributed by atoms with Gasteiger partial charge in [0, 0.05) is 9.26 Å². The van der Waals surface area contributed by atoms with Crippen LogP contribution in [0.4, 0.5) is 5.69 Å². The van der Waals surface area contributed by atoms with Gasteiger partial charge in [-0.05, 0) is 77.9 Å². The first-order valence-electron chi connectivity index (χ1n) is 6.06. The molecule has 2 N–H and O–H groups in total. The maximum atomic E-state index is 5.81. The zero-order valence-corrected chi connectivity index (χ0v) is 13.0. The minimum atomic E-state index is 0.782. The lowest BCUT2D eigenvalue weighted by Gasteiger charge is -2.09. The second-order valence-electron chi connectivity index (χ2n) is 4.75. The third-order valence-electron chi connectivity index (χ3n) is 3.39.